The Morgan fingerprint density at radius 1 is 1.03 bits per heavy atom. The van der Waals surface area contributed by atoms with Crippen LogP contribution in [-0.4, -0.2) is 19.8 Å². The minimum Gasteiger partial charge on any atom is -0.644 e. The van der Waals surface area contributed by atoms with Crippen molar-refractivity contribution < 1.29 is 32.8 Å². The van der Waals surface area contributed by atoms with Gasteiger partial charge in [-0.3, -0.25) is 0 Å². The quantitative estimate of drug-likeness (QED) is 0.386. The van der Waals surface area contributed by atoms with Gasteiger partial charge in [-0.05, 0) is 73.4 Å². The van der Waals surface area contributed by atoms with Crippen molar-refractivity contribution >= 4 is 31.2 Å². The number of hydrogen-bond acceptors (Lipinski definition) is 3. The third kappa shape index (κ3) is 2.92. The van der Waals surface area contributed by atoms with E-state index in [4.69, 9.17) is 17.3 Å². The molecule has 3 aromatic carbocycles. The molecule has 5 heteroatoms. The molecule has 3 nitrogen and oxygen atoms in total. The van der Waals surface area contributed by atoms with Gasteiger partial charge in [0.25, 0.3) is 0 Å². The van der Waals surface area contributed by atoms with Crippen molar-refractivity contribution in [2.24, 2.45) is 0 Å². The van der Waals surface area contributed by atoms with Gasteiger partial charge in [0.05, 0.1) is 5.50 Å². The SMILES string of the molecule is [B]C1(C)C=Cc2c3c(c4c(C)c(C)c(C)c(C)c4c2O1)-c1ccccc1C3O[C-]=O.[V]. The summed E-state index contributed by atoms with van der Waals surface area (Å²) >= 11 is 0. The molecule has 5 rings (SSSR count). The van der Waals surface area contributed by atoms with Crippen LogP contribution in [0.2, 0.25) is 0 Å². The molecule has 0 saturated carbocycles. The van der Waals surface area contributed by atoms with Gasteiger partial charge in [0, 0.05) is 40.6 Å². The first-order valence-corrected chi connectivity index (χ1v) is 10.2. The minimum absolute atomic E-state index is 0. The molecule has 1 aliphatic heterocycles. The maximum atomic E-state index is 11.3. The second-order valence-corrected chi connectivity index (χ2v) is 8.57. The van der Waals surface area contributed by atoms with Crippen molar-refractivity contribution in [2.45, 2.75) is 46.2 Å². The zero-order chi connectivity index (χ0) is 21.4. The van der Waals surface area contributed by atoms with Crippen molar-refractivity contribution in [3.63, 3.8) is 0 Å². The maximum Gasteiger partial charge on any atom is 0.137 e. The molecule has 0 bridgehead atoms. The van der Waals surface area contributed by atoms with Gasteiger partial charge in [-0.1, -0.05) is 42.9 Å². The van der Waals surface area contributed by atoms with Gasteiger partial charge < -0.3 is 14.3 Å². The molecule has 3 radical (unpaired) electrons. The summed E-state index contributed by atoms with van der Waals surface area (Å²) < 4.78 is 11.9. The number of hydrogen-bond donors (Lipinski definition) is 0. The number of rotatable bonds is 2. The van der Waals surface area contributed by atoms with Crippen molar-refractivity contribution in [1.29, 1.82) is 0 Å². The normalized spacial score (nSPS) is 20.4. The summed E-state index contributed by atoms with van der Waals surface area (Å²) in [7, 11) is 6.36. The van der Waals surface area contributed by atoms with E-state index in [2.05, 4.69) is 33.8 Å². The predicted molar refractivity (Wildman–Crippen MR) is 121 cm³/mol. The van der Waals surface area contributed by atoms with E-state index in [0.29, 0.717) is 0 Å². The Morgan fingerprint density at radius 2 is 1.68 bits per heavy atom. The van der Waals surface area contributed by atoms with E-state index in [-0.39, 0.29) is 18.6 Å². The number of carbonyl (C=O) groups excluding carboxylic acids is 1. The second kappa shape index (κ2) is 7.32. The Labute approximate surface area is 196 Å². The standard InChI is InChI=1S/C26H22BO3.V/c1-13-14(2)16(4)21-20(15(13)3)22-17-8-6-7-9-18(17)24(29-12-28)23(22)19-10-11-26(5,27)30-25(19)21;/h6-11,24H,1-5H3;/q-1;. The Kier molecular flexibility index (Phi) is 5.15. The van der Waals surface area contributed by atoms with Crippen LogP contribution in [0.1, 0.15) is 52.0 Å². The van der Waals surface area contributed by atoms with Crippen LogP contribution in [0, 0.1) is 27.7 Å². The van der Waals surface area contributed by atoms with Crippen molar-refractivity contribution in [1.82, 2.24) is 0 Å². The Balaban J connectivity index is 0.00000231. The molecular formula is C26H22BO3V-. The molecule has 31 heavy (non-hydrogen) atoms. The van der Waals surface area contributed by atoms with Gasteiger partial charge in [-0.15, -0.1) is 0 Å². The van der Waals surface area contributed by atoms with Crippen LogP contribution < -0.4 is 4.74 Å². The van der Waals surface area contributed by atoms with Crippen LogP contribution in [0.15, 0.2) is 30.3 Å². The van der Waals surface area contributed by atoms with Gasteiger partial charge in [-0.2, -0.15) is 0 Å². The molecule has 2 unspecified atom stereocenters. The van der Waals surface area contributed by atoms with E-state index >= 15 is 0 Å². The minimum atomic E-state index is -0.911. The number of aryl methyl sites for hydroxylation is 2. The van der Waals surface area contributed by atoms with Crippen LogP contribution >= 0.6 is 0 Å². The molecular weight excluding hydrogens is 422 g/mol. The first kappa shape index (κ1) is 21.8. The van der Waals surface area contributed by atoms with Crippen molar-refractivity contribution in [3.8, 4) is 16.9 Å². The second-order valence-electron chi connectivity index (χ2n) is 8.57. The van der Waals surface area contributed by atoms with Crippen LogP contribution in [0.3, 0.4) is 0 Å². The monoisotopic (exact) mass is 444 g/mol. The largest absolute Gasteiger partial charge is 0.644 e. The topological polar surface area (TPSA) is 35.5 Å². The molecule has 0 fully saturated rings. The smallest absolute Gasteiger partial charge is 0.137 e. The van der Waals surface area contributed by atoms with E-state index in [1.807, 2.05) is 37.3 Å². The molecule has 1 aliphatic carbocycles. The first-order chi connectivity index (χ1) is 14.3. The zero-order valence-corrected chi connectivity index (χ0v) is 19.7. The third-order valence-corrected chi connectivity index (χ3v) is 6.81. The molecule has 0 N–H and O–H groups in total. The van der Waals surface area contributed by atoms with Crippen molar-refractivity contribution in [2.75, 3.05) is 0 Å². The summed E-state index contributed by atoms with van der Waals surface area (Å²) in [4.78, 5) is 11.3. The third-order valence-electron chi connectivity index (χ3n) is 6.81. The number of ether oxygens (including phenoxy) is 2. The van der Waals surface area contributed by atoms with Gasteiger partial charge >= 0.3 is 0 Å². The van der Waals surface area contributed by atoms with Gasteiger partial charge in [-0.25, -0.2) is 0 Å². The van der Waals surface area contributed by atoms with E-state index in [0.717, 1.165) is 44.3 Å². The molecule has 2 atom stereocenters. The fourth-order valence-corrected chi connectivity index (χ4v) is 5.04. The number of fused-ring (bicyclic) bond motifs is 8. The molecule has 2 aliphatic rings. The predicted octanol–water partition coefficient (Wildman–Crippen LogP) is 5.51. The average Bonchev–Trinajstić information content (AvgIpc) is 3.04. The van der Waals surface area contributed by atoms with Gasteiger partial charge in [0.15, 0.2) is 0 Å². The van der Waals surface area contributed by atoms with Gasteiger partial charge in [0.2, 0.25) is 0 Å². The zero-order valence-electron chi connectivity index (χ0n) is 18.3. The fourth-order valence-electron chi connectivity index (χ4n) is 5.04. The van der Waals surface area contributed by atoms with E-state index < -0.39 is 11.6 Å². The molecule has 0 saturated heterocycles. The summed E-state index contributed by atoms with van der Waals surface area (Å²) in [5.41, 5.74) is 9.01. The molecule has 0 spiro atoms. The Morgan fingerprint density at radius 3 is 2.35 bits per heavy atom. The summed E-state index contributed by atoms with van der Waals surface area (Å²) in [6, 6.07) is 8.10. The Bertz CT molecular complexity index is 1290. The molecule has 0 aromatic heterocycles. The van der Waals surface area contributed by atoms with Crippen LogP contribution in [0.5, 0.6) is 5.75 Å². The van der Waals surface area contributed by atoms with Crippen LogP contribution in [0.4, 0.5) is 0 Å². The van der Waals surface area contributed by atoms with E-state index in [1.54, 1.807) is 6.47 Å². The van der Waals surface area contributed by atoms with Crippen LogP contribution in [-0.2, 0) is 28.1 Å². The first-order valence-electron chi connectivity index (χ1n) is 10.2. The van der Waals surface area contributed by atoms with E-state index in [9.17, 15) is 4.79 Å². The molecule has 3 aromatic rings. The maximum absolute atomic E-state index is 11.3. The average molecular weight is 444 g/mol. The fraction of sp³-hybridized carbons (Fsp3) is 0.269. The summed E-state index contributed by atoms with van der Waals surface area (Å²) in [6.07, 6.45) is 3.34. The van der Waals surface area contributed by atoms with E-state index in [1.165, 1.54) is 22.3 Å². The number of benzene rings is 3. The molecule has 153 valence electrons. The van der Waals surface area contributed by atoms with Gasteiger partial charge in [0.1, 0.15) is 19.7 Å². The molecule has 0 amide bonds. The van der Waals surface area contributed by atoms with Crippen molar-refractivity contribution in [3.05, 3.63) is 69.3 Å². The summed E-state index contributed by atoms with van der Waals surface area (Å²) in [5.74, 6) is 0.757. The summed E-state index contributed by atoms with van der Waals surface area (Å²) in [5, 5.41) is 2.22. The summed E-state index contributed by atoms with van der Waals surface area (Å²) in [6.45, 7) is 12.1. The van der Waals surface area contributed by atoms with Crippen LogP contribution in [0.25, 0.3) is 28.0 Å². The molecule has 1 heterocycles. The Hall–Kier alpha value is -2.42.